The minimum atomic E-state index is -0.700. The topological polar surface area (TPSA) is 46.6 Å². The van der Waals surface area contributed by atoms with Crippen LogP contribution in [0.2, 0.25) is 5.02 Å². The number of halogens is 1. The number of hydrogen-bond donors (Lipinski definition) is 0. The SMILES string of the molecule is Cc1ccc(N2C(=O)O/C(=C/c3ccc(Cl)cc3)C2=O)cc1. The van der Waals surface area contributed by atoms with E-state index in [-0.39, 0.29) is 5.76 Å². The standard InChI is InChI=1S/C17H12ClNO3/c1-11-2-8-14(9-3-11)19-16(20)15(22-17(19)21)10-12-4-6-13(18)7-5-12/h2-10H,1H3/b15-10+. The molecule has 2 aromatic carbocycles. The predicted molar refractivity (Wildman–Crippen MR) is 84.6 cm³/mol. The molecule has 0 radical (unpaired) electrons. The van der Waals surface area contributed by atoms with E-state index in [4.69, 9.17) is 16.3 Å². The highest BCUT2D eigenvalue weighted by molar-refractivity contribution is 6.30. The summed E-state index contributed by atoms with van der Waals surface area (Å²) in [5, 5.41) is 0.596. The van der Waals surface area contributed by atoms with Crippen LogP contribution >= 0.6 is 11.6 Å². The first-order chi connectivity index (χ1) is 10.5. The molecule has 110 valence electrons. The lowest BCUT2D eigenvalue weighted by Crippen LogP contribution is -2.28. The first kappa shape index (κ1) is 14.4. The molecular formula is C17H12ClNO3. The third-order valence-electron chi connectivity index (χ3n) is 3.25. The Bertz CT molecular complexity index is 763. The zero-order chi connectivity index (χ0) is 15.7. The molecule has 22 heavy (non-hydrogen) atoms. The molecule has 0 bridgehead atoms. The normalized spacial score (nSPS) is 16.3. The highest BCUT2D eigenvalue weighted by Gasteiger charge is 2.37. The van der Waals surface area contributed by atoms with Gasteiger partial charge in [0, 0.05) is 5.02 Å². The van der Waals surface area contributed by atoms with Crippen LogP contribution in [0.1, 0.15) is 11.1 Å². The third-order valence-corrected chi connectivity index (χ3v) is 3.51. The summed E-state index contributed by atoms with van der Waals surface area (Å²) in [5.74, 6) is -0.489. The first-order valence-corrected chi connectivity index (χ1v) is 7.02. The number of cyclic esters (lactones) is 1. The summed E-state index contributed by atoms with van der Waals surface area (Å²) in [5.41, 5.74) is 2.26. The Balaban J connectivity index is 1.91. The summed E-state index contributed by atoms with van der Waals surface area (Å²) in [4.78, 5) is 25.3. The second-order valence-corrected chi connectivity index (χ2v) is 5.34. The minimum absolute atomic E-state index is 0.00658. The average molecular weight is 314 g/mol. The van der Waals surface area contributed by atoms with Crippen LogP contribution in [0.25, 0.3) is 6.08 Å². The zero-order valence-corrected chi connectivity index (χ0v) is 12.5. The van der Waals surface area contributed by atoms with Gasteiger partial charge in [0.15, 0.2) is 5.76 Å². The van der Waals surface area contributed by atoms with Crippen LogP contribution in [0.3, 0.4) is 0 Å². The van der Waals surface area contributed by atoms with Crippen molar-refractivity contribution in [1.82, 2.24) is 0 Å². The number of imide groups is 1. The number of nitrogens with zero attached hydrogens (tertiary/aromatic N) is 1. The molecule has 3 rings (SSSR count). The minimum Gasteiger partial charge on any atom is -0.404 e. The summed E-state index contributed by atoms with van der Waals surface area (Å²) in [6, 6.07) is 14.0. The van der Waals surface area contributed by atoms with Crippen molar-refractivity contribution in [2.24, 2.45) is 0 Å². The number of aryl methyl sites for hydroxylation is 1. The number of ether oxygens (including phenoxy) is 1. The fourth-order valence-corrected chi connectivity index (χ4v) is 2.22. The van der Waals surface area contributed by atoms with Gasteiger partial charge in [-0.15, -0.1) is 0 Å². The number of carbonyl (C=O) groups is 2. The second-order valence-electron chi connectivity index (χ2n) is 4.90. The Kier molecular flexibility index (Phi) is 3.69. The van der Waals surface area contributed by atoms with Gasteiger partial charge in [-0.05, 0) is 42.8 Å². The number of carbonyl (C=O) groups excluding carboxylic acids is 2. The summed E-state index contributed by atoms with van der Waals surface area (Å²) >= 11 is 5.81. The average Bonchev–Trinajstić information content (AvgIpc) is 2.77. The molecule has 0 saturated carbocycles. The van der Waals surface area contributed by atoms with Crippen molar-refractivity contribution in [1.29, 1.82) is 0 Å². The van der Waals surface area contributed by atoms with E-state index in [9.17, 15) is 9.59 Å². The fraction of sp³-hybridized carbons (Fsp3) is 0.0588. The van der Waals surface area contributed by atoms with Gasteiger partial charge in [-0.1, -0.05) is 41.4 Å². The second kappa shape index (κ2) is 5.66. The maximum absolute atomic E-state index is 12.4. The molecule has 0 aliphatic carbocycles. The van der Waals surface area contributed by atoms with E-state index in [1.165, 1.54) is 6.08 Å². The highest BCUT2D eigenvalue weighted by Crippen LogP contribution is 2.26. The van der Waals surface area contributed by atoms with Crippen molar-refractivity contribution in [2.45, 2.75) is 6.92 Å². The van der Waals surface area contributed by atoms with Gasteiger partial charge >= 0.3 is 12.0 Å². The highest BCUT2D eigenvalue weighted by atomic mass is 35.5. The molecule has 1 saturated heterocycles. The first-order valence-electron chi connectivity index (χ1n) is 6.65. The summed E-state index contributed by atoms with van der Waals surface area (Å²) in [7, 11) is 0. The smallest absolute Gasteiger partial charge is 0.404 e. The number of anilines is 1. The molecule has 0 unspecified atom stereocenters. The largest absolute Gasteiger partial charge is 0.427 e. The number of amides is 2. The van der Waals surface area contributed by atoms with E-state index in [1.54, 1.807) is 36.4 Å². The van der Waals surface area contributed by atoms with E-state index in [0.29, 0.717) is 10.7 Å². The van der Waals surface area contributed by atoms with Crippen molar-refractivity contribution in [3.8, 4) is 0 Å². The fourth-order valence-electron chi connectivity index (χ4n) is 2.09. The summed E-state index contributed by atoms with van der Waals surface area (Å²) in [6.45, 7) is 1.93. The molecule has 2 amide bonds. The van der Waals surface area contributed by atoms with Crippen molar-refractivity contribution in [2.75, 3.05) is 4.90 Å². The molecule has 2 aromatic rings. The molecular weight excluding hydrogens is 302 g/mol. The van der Waals surface area contributed by atoms with Gasteiger partial charge in [0.25, 0.3) is 0 Å². The quantitative estimate of drug-likeness (QED) is 0.782. The van der Waals surface area contributed by atoms with Crippen LogP contribution < -0.4 is 4.90 Å². The lowest BCUT2D eigenvalue weighted by atomic mass is 10.2. The molecule has 0 atom stereocenters. The lowest BCUT2D eigenvalue weighted by Gasteiger charge is -2.09. The van der Waals surface area contributed by atoms with Gasteiger partial charge in [-0.25, -0.2) is 9.69 Å². The van der Waals surface area contributed by atoms with E-state index in [0.717, 1.165) is 16.0 Å². The van der Waals surface area contributed by atoms with Gasteiger partial charge in [0.1, 0.15) is 0 Å². The molecule has 5 heteroatoms. The van der Waals surface area contributed by atoms with Gasteiger partial charge in [-0.2, -0.15) is 0 Å². The molecule has 0 spiro atoms. The van der Waals surface area contributed by atoms with Crippen molar-refractivity contribution in [3.05, 3.63) is 70.4 Å². The van der Waals surface area contributed by atoms with E-state index in [2.05, 4.69) is 0 Å². The maximum atomic E-state index is 12.4. The molecule has 0 N–H and O–H groups in total. The van der Waals surface area contributed by atoms with Crippen LogP contribution in [0.5, 0.6) is 0 Å². The Morgan fingerprint density at radius 2 is 1.64 bits per heavy atom. The molecule has 1 heterocycles. The Morgan fingerprint density at radius 3 is 2.27 bits per heavy atom. The summed E-state index contributed by atoms with van der Waals surface area (Å²) in [6.07, 6.45) is 0.819. The predicted octanol–water partition coefficient (Wildman–Crippen LogP) is 4.17. The molecule has 1 aliphatic rings. The van der Waals surface area contributed by atoms with Crippen LogP contribution in [-0.4, -0.2) is 12.0 Å². The van der Waals surface area contributed by atoms with Gasteiger partial charge in [-0.3, -0.25) is 4.79 Å². The summed E-state index contributed by atoms with van der Waals surface area (Å²) < 4.78 is 5.07. The molecule has 0 aromatic heterocycles. The van der Waals surface area contributed by atoms with E-state index >= 15 is 0 Å². The Labute approximate surface area is 132 Å². The molecule has 1 fully saturated rings. The van der Waals surface area contributed by atoms with Gasteiger partial charge < -0.3 is 4.74 Å². The zero-order valence-electron chi connectivity index (χ0n) is 11.7. The lowest BCUT2D eigenvalue weighted by molar-refractivity contribution is -0.114. The third kappa shape index (κ3) is 2.73. The van der Waals surface area contributed by atoms with Crippen LogP contribution in [0, 0.1) is 6.92 Å². The molecule has 1 aliphatic heterocycles. The number of benzene rings is 2. The van der Waals surface area contributed by atoms with Crippen LogP contribution in [0.4, 0.5) is 10.5 Å². The van der Waals surface area contributed by atoms with Crippen LogP contribution in [-0.2, 0) is 9.53 Å². The maximum Gasteiger partial charge on any atom is 0.427 e. The van der Waals surface area contributed by atoms with Gasteiger partial charge in [0.05, 0.1) is 5.69 Å². The van der Waals surface area contributed by atoms with Crippen molar-refractivity contribution >= 4 is 35.4 Å². The number of hydrogen-bond acceptors (Lipinski definition) is 3. The van der Waals surface area contributed by atoms with Crippen molar-refractivity contribution < 1.29 is 14.3 Å². The monoisotopic (exact) mass is 313 g/mol. The van der Waals surface area contributed by atoms with Crippen LogP contribution in [0.15, 0.2) is 54.3 Å². The van der Waals surface area contributed by atoms with E-state index in [1.807, 2.05) is 19.1 Å². The number of rotatable bonds is 2. The Morgan fingerprint density at radius 1 is 1.00 bits per heavy atom. The van der Waals surface area contributed by atoms with Gasteiger partial charge in [0.2, 0.25) is 0 Å². The Hall–Kier alpha value is -2.59. The van der Waals surface area contributed by atoms with E-state index < -0.39 is 12.0 Å². The molecule has 4 nitrogen and oxygen atoms in total. The van der Waals surface area contributed by atoms with Crippen molar-refractivity contribution in [3.63, 3.8) is 0 Å².